The number of aromatic amines is 1. The summed E-state index contributed by atoms with van der Waals surface area (Å²) < 4.78 is 0. The fourth-order valence-electron chi connectivity index (χ4n) is 1.68. The second-order valence-corrected chi connectivity index (χ2v) is 3.91. The molecular weight excluding hydrogens is 190 g/mol. The first kappa shape index (κ1) is 7.83. The summed E-state index contributed by atoms with van der Waals surface area (Å²) in [5, 5.41) is 6.51. The van der Waals surface area contributed by atoms with Crippen molar-refractivity contribution in [3.8, 4) is 11.1 Å². The van der Waals surface area contributed by atoms with Crippen LogP contribution in [0.1, 0.15) is 0 Å². The molecule has 0 fully saturated rings. The first-order valence-electron chi connectivity index (χ1n) is 4.46. The second kappa shape index (κ2) is 3.00. The molecule has 0 saturated heterocycles. The van der Waals surface area contributed by atoms with E-state index in [4.69, 9.17) is 0 Å². The summed E-state index contributed by atoms with van der Waals surface area (Å²) in [6.45, 7) is 0. The van der Waals surface area contributed by atoms with Gasteiger partial charge in [-0.2, -0.15) is 0 Å². The van der Waals surface area contributed by atoms with E-state index in [1.165, 1.54) is 22.0 Å². The molecule has 0 spiro atoms. The standard InChI is InChI=1S/C12H8NS/c1-2-4-12-10(3-1)11(7-13-12)9-5-6-14-8-9/h1-5,7-8,13H. The molecule has 67 valence electrons. The van der Waals surface area contributed by atoms with Gasteiger partial charge >= 0.3 is 0 Å². The maximum atomic E-state index is 3.27. The normalized spacial score (nSPS) is 10.9. The van der Waals surface area contributed by atoms with Crippen molar-refractivity contribution in [2.75, 3.05) is 0 Å². The smallest absolute Gasteiger partial charge is 0.0460 e. The molecule has 2 aromatic heterocycles. The third kappa shape index (κ3) is 1.08. The Labute approximate surface area is 86.0 Å². The number of nitrogens with one attached hydrogen (secondary N) is 1. The van der Waals surface area contributed by atoms with Crippen molar-refractivity contribution >= 4 is 22.2 Å². The number of rotatable bonds is 1. The molecule has 1 radical (unpaired) electrons. The second-order valence-electron chi connectivity index (χ2n) is 3.20. The number of benzene rings is 1. The van der Waals surface area contributed by atoms with Crippen LogP contribution >= 0.6 is 11.3 Å². The Kier molecular flexibility index (Phi) is 1.67. The van der Waals surface area contributed by atoms with E-state index in [0.717, 1.165) is 0 Å². The highest BCUT2D eigenvalue weighted by Gasteiger charge is 2.04. The topological polar surface area (TPSA) is 15.8 Å². The van der Waals surface area contributed by atoms with Crippen LogP contribution in [0.4, 0.5) is 0 Å². The van der Waals surface area contributed by atoms with Gasteiger partial charge in [-0.25, -0.2) is 0 Å². The maximum Gasteiger partial charge on any atom is 0.0460 e. The van der Waals surface area contributed by atoms with E-state index in [1.807, 2.05) is 12.1 Å². The summed E-state index contributed by atoms with van der Waals surface area (Å²) in [6.07, 6.45) is 2.06. The molecule has 1 nitrogen and oxygen atoms in total. The summed E-state index contributed by atoms with van der Waals surface area (Å²) in [6, 6.07) is 10.4. The van der Waals surface area contributed by atoms with Gasteiger partial charge in [0.05, 0.1) is 0 Å². The molecule has 3 rings (SSSR count). The quantitative estimate of drug-likeness (QED) is 0.613. The highest BCUT2D eigenvalue weighted by molar-refractivity contribution is 7.07. The van der Waals surface area contributed by atoms with Crippen LogP contribution in [0.2, 0.25) is 0 Å². The third-order valence-corrected chi connectivity index (χ3v) is 2.99. The first-order valence-corrected chi connectivity index (χ1v) is 5.34. The lowest BCUT2D eigenvalue weighted by molar-refractivity contribution is 1.48. The Morgan fingerprint density at radius 2 is 2.14 bits per heavy atom. The SMILES string of the molecule is [c]1cc(-c2c[nH]c3ccccc23)cs1. The number of fused-ring (bicyclic) bond motifs is 1. The minimum Gasteiger partial charge on any atom is -0.361 e. The number of hydrogen-bond donors (Lipinski definition) is 1. The molecule has 2 heteroatoms. The lowest BCUT2D eigenvalue weighted by Crippen LogP contribution is -1.68. The van der Waals surface area contributed by atoms with E-state index in [1.54, 1.807) is 11.3 Å². The van der Waals surface area contributed by atoms with Crippen LogP contribution < -0.4 is 0 Å². The third-order valence-electron chi connectivity index (χ3n) is 2.37. The van der Waals surface area contributed by atoms with E-state index in [-0.39, 0.29) is 0 Å². The summed E-state index contributed by atoms with van der Waals surface area (Å²) in [5.41, 5.74) is 3.69. The molecule has 2 heterocycles. The van der Waals surface area contributed by atoms with Gasteiger partial charge in [0.2, 0.25) is 0 Å². The molecule has 0 amide bonds. The van der Waals surface area contributed by atoms with Gasteiger partial charge in [0.1, 0.15) is 0 Å². The van der Waals surface area contributed by atoms with Crippen LogP contribution in [-0.4, -0.2) is 4.98 Å². The summed E-state index contributed by atoms with van der Waals surface area (Å²) in [5.74, 6) is 0. The molecule has 1 N–H and O–H groups in total. The van der Waals surface area contributed by atoms with Crippen molar-refractivity contribution in [1.29, 1.82) is 0 Å². The van der Waals surface area contributed by atoms with Crippen LogP contribution in [0.15, 0.2) is 41.9 Å². The molecule has 0 saturated carbocycles. The Bertz CT molecular complexity index is 548. The van der Waals surface area contributed by atoms with Crippen LogP contribution in [0, 0.1) is 5.38 Å². The number of thiophene rings is 1. The van der Waals surface area contributed by atoms with Crippen LogP contribution in [0.3, 0.4) is 0 Å². The van der Waals surface area contributed by atoms with Crippen molar-refractivity contribution in [2.24, 2.45) is 0 Å². The highest BCUT2D eigenvalue weighted by Crippen LogP contribution is 2.29. The van der Waals surface area contributed by atoms with E-state index in [0.29, 0.717) is 0 Å². The Hall–Kier alpha value is -1.54. The molecule has 0 aliphatic carbocycles. The van der Waals surface area contributed by atoms with Crippen molar-refractivity contribution < 1.29 is 0 Å². The van der Waals surface area contributed by atoms with Crippen LogP contribution in [0.25, 0.3) is 22.0 Å². The van der Waals surface area contributed by atoms with Crippen LogP contribution in [-0.2, 0) is 0 Å². The minimum atomic E-state index is 1.19. The molecule has 0 aliphatic rings. The predicted molar refractivity (Wildman–Crippen MR) is 60.4 cm³/mol. The number of aromatic nitrogens is 1. The van der Waals surface area contributed by atoms with Gasteiger partial charge in [0.15, 0.2) is 0 Å². The molecule has 0 bridgehead atoms. The molecular formula is C12H8NS. The van der Waals surface area contributed by atoms with Gasteiger partial charge in [-0.1, -0.05) is 18.2 Å². The molecule has 1 aromatic carbocycles. The first-order chi connectivity index (χ1) is 6.95. The summed E-state index contributed by atoms with van der Waals surface area (Å²) in [4.78, 5) is 3.27. The zero-order valence-corrected chi connectivity index (χ0v) is 8.27. The molecule has 3 aromatic rings. The van der Waals surface area contributed by atoms with Gasteiger partial charge in [0, 0.05) is 28.0 Å². The van der Waals surface area contributed by atoms with Gasteiger partial charge in [-0.05, 0) is 23.1 Å². The van der Waals surface area contributed by atoms with Crippen LogP contribution in [0.5, 0.6) is 0 Å². The Morgan fingerprint density at radius 3 is 3.00 bits per heavy atom. The van der Waals surface area contributed by atoms with Gasteiger partial charge in [-0.15, -0.1) is 11.3 Å². The largest absolute Gasteiger partial charge is 0.361 e. The lowest BCUT2D eigenvalue weighted by Gasteiger charge is -1.93. The van der Waals surface area contributed by atoms with E-state index in [2.05, 4.69) is 40.1 Å². The average Bonchev–Trinajstić information content (AvgIpc) is 2.85. The van der Waals surface area contributed by atoms with E-state index in [9.17, 15) is 0 Å². The highest BCUT2D eigenvalue weighted by atomic mass is 32.1. The Morgan fingerprint density at radius 1 is 1.21 bits per heavy atom. The van der Waals surface area contributed by atoms with Crippen molar-refractivity contribution in [2.45, 2.75) is 0 Å². The van der Waals surface area contributed by atoms with E-state index < -0.39 is 0 Å². The predicted octanol–water partition coefficient (Wildman–Crippen LogP) is 3.70. The fraction of sp³-hybridized carbons (Fsp3) is 0. The van der Waals surface area contributed by atoms with Crippen molar-refractivity contribution in [3.05, 3.63) is 47.3 Å². The zero-order valence-electron chi connectivity index (χ0n) is 7.45. The monoisotopic (exact) mass is 198 g/mol. The number of hydrogen-bond acceptors (Lipinski definition) is 1. The molecule has 0 atom stereocenters. The van der Waals surface area contributed by atoms with E-state index >= 15 is 0 Å². The van der Waals surface area contributed by atoms with Gasteiger partial charge in [0.25, 0.3) is 0 Å². The zero-order chi connectivity index (χ0) is 9.38. The maximum absolute atomic E-state index is 3.27. The molecule has 0 unspecified atom stereocenters. The average molecular weight is 198 g/mol. The summed E-state index contributed by atoms with van der Waals surface area (Å²) in [7, 11) is 0. The Balaban J connectivity index is 2.33. The fourth-order valence-corrected chi connectivity index (χ4v) is 2.27. The molecule has 0 aliphatic heterocycles. The summed E-state index contributed by atoms with van der Waals surface area (Å²) >= 11 is 1.61. The minimum absolute atomic E-state index is 1.19. The van der Waals surface area contributed by atoms with Gasteiger partial charge in [-0.3, -0.25) is 0 Å². The number of para-hydroxylation sites is 1. The van der Waals surface area contributed by atoms with Crippen molar-refractivity contribution in [3.63, 3.8) is 0 Å². The molecule has 14 heavy (non-hydrogen) atoms. The lowest BCUT2D eigenvalue weighted by atomic mass is 10.1. The van der Waals surface area contributed by atoms with Gasteiger partial charge < -0.3 is 4.98 Å². The number of H-pyrrole nitrogens is 1. The van der Waals surface area contributed by atoms with Crippen molar-refractivity contribution in [1.82, 2.24) is 4.98 Å².